The van der Waals surface area contributed by atoms with Gasteiger partial charge in [0.25, 0.3) is 0 Å². The van der Waals surface area contributed by atoms with Crippen LogP contribution in [0.25, 0.3) is 0 Å². The highest BCUT2D eigenvalue weighted by molar-refractivity contribution is 6.60. The summed E-state index contributed by atoms with van der Waals surface area (Å²) >= 11 is 0. The highest BCUT2D eigenvalue weighted by Gasteiger charge is 2.42. The predicted molar refractivity (Wildman–Crippen MR) is 83.6 cm³/mol. The van der Waals surface area contributed by atoms with Gasteiger partial charge in [0.05, 0.1) is 33.2 Å². The Morgan fingerprint density at radius 2 is 1.33 bits per heavy atom. The van der Waals surface area contributed by atoms with Crippen LogP contribution in [0.1, 0.15) is 33.6 Å². The molecular weight excluding hydrogens is 310 g/mol. The summed E-state index contributed by atoms with van der Waals surface area (Å²) in [6, 6.07) is 0.842. The number of quaternary nitrogens is 1. The van der Waals surface area contributed by atoms with Crippen LogP contribution in [-0.2, 0) is 13.3 Å². The van der Waals surface area contributed by atoms with E-state index in [-0.39, 0.29) is 19.0 Å². The molecule has 0 saturated carbocycles. The molecule has 0 rings (SSSR count). The maximum Gasteiger partial charge on any atom is 0.506 e. The van der Waals surface area contributed by atoms with Crippen molar-refractivity contribution in [2.45, 2.75) is 39.7 Å². The summed E-state index contributed by atoms with van der Waals surface area (Å²) in [7, 11) is 1.90. The summed E-state index contributed by atoms with van der Waals surface area (Å²) in [5.74, 6) is 0. The summed E-state index contributed by atoms with van der Waals surface area (Å²) in [5, 5.41) is 8.87. The topological polar surface area (TPSA) is 47.9 Å². The Hall–Kier alpha value is 0.307. The molecule has 0 unspecified atom stereocenters. The molecule has 0 spiro atoms. The Morgan fingerprint density at radius 3 is 1.71 bits per heavy atom. The molecule has 0 saturated heterocycles. The van der Waals surface area contributed by atoms with Gasteiger partial charge in [0.2, 0.25) is 0 Å². The number of hydrogen-bond donors (Lipinski definition) is 1. The van der Waals surface area contributed by atoms with Crippen LogP contribution < -0.4 is 12.4 Å². The molecule has 0 bridgehead atoms. The fourth-order valence-corrected chi connectivity index (χ4v) is 5.09. The molecule has 21 heavy (non-hydrogen) atoms. The summed E-state index contributed by atoms with van der Waals surface area (Å²) in [5.41, 5.74) is 0. The largest absolute Gasteiger partial charge is 1.00 e. The lowest BCUT2D eigenvalue weighted by Crippen LogP contribution is -3.00. The first kappa shape index (κ1) is 23.6. The van der Waals surface area contributed by atoms with Gasteiger partial charge in [0, 0.05) is 26.4 Å². The van der Waals surface area contributed by atoms with Crippen molar-refractivity contribution in [3.63, 3.8) is 0 Å². The highest BCUT2D eigenvalue weighted by atomic mass is 35.5. The SMILES string of the molecule is CCO[Si](CC[N+](C)(C)CCCCO)(OCC)OCC.[Cl-]. The van der Waals surface area contributed by atoms with Gasteiger partial charge in [-0.05, 0) is 33.6 Å². The average molecular weight is 344 g/mol. The van der Waals surface area contributed by atoms with Crippen LogP contribution in [0.3, 0.4) is 0 Å². The van der Waals surface area contributed by atoms with Gasteiger partial charge in [-0.1, -0.05) is 0 Å². The van der Waals surface area contributed by atoms with E-state index in [9.17, 15) is 0 Å². The second kappa shape index (κ2) is 12.8. The third-order valence-electron chi connectivity index (χ3n) is 3.29. The van der Waals surface area contributed by atoms with E-state index in [1.54, 1.807) is 0 Å². The van der Waals surface area contributed by atoms with E-state index in [1.807, 2.05) is 20.8 Å². The molecule has 5 nitrogen and oxygen atoms in total. The molecule has 0 aromatic heterocycles. The highest BCUT2D eigenvalue weighted by Crippen LogP contribution is 2.18. The Balaban J connectivity index is 0. The van der Waals surface area contributed by atoms with E-state index in [0.29, 0.717) is 19.8 Å². The molecule has 0 heterocycles. The van der Waals surface area contributed by atoms with Gasteiger partial charge < -0.3 is 35.3 Å². The zero-order chi connectivity index (χ0) is 15.5. The van der Waals surface area contributed by atoms with E-state index in [1.165, 1.54) is 0 Å². The Bertz CT molecular complexity index is 228. The third-order valence-corrected chi connectivity index (χ3v) is 6.31. The second-order valence-electron chi connectivity index (χ2n) is 5.55. The Labute approximate surface area is 137 Å². The molecule has 7 heteroatoms. The van der Waals surface area contributed by atoms with Crippen LogP contribution in [-0.4, -0.2) is 72.0 Å². The molecular formula is C14H34ClNO4Si. The van der Waals surface area contributed by atoms with Crippen molar-refractivity contribution in [2.75, 3.05) is 53.6 Å². The van der Waals surface area contributed by atoms with Crippen LogP contribution in [0.4, 0.5) is 0 Å². The number of aliphatic hydroxyl groups is 1. The first-order chi connectivity index (χ1) is 9.45. The number of halogens is 1. The zero-order valence-corrected chi connectivity index (χ0v) is 16.1. The molecule has 1 N–H and O–H groups in total. The van der Waals surface area contributed by atoms with Crippen LogP contribution in [0, 0.1) is 0 Å². The van der Waals surface area contributed by atoms with Crippen molar-refractivity contribution >= 4 is 8.80 Å². The minimum Gasteiger partial charge on any atom is -1.00 e. The first-order valence-corrected chi connectivity index (χ1v) is 9.73. The van der Waals surface area contributed by atoms with Crippen molar-refractivity contribution in [3.8, 4) is 0 Å². The summed E-state index contributed by atoms with van der Waals surface area (Å²) in [6.07, 6.45) is 1.91. The van der Waals surface area contributed by atoms with E-state index >= 15 is 0 Å². The van der Waals surface area contributed by atoms with Gasteiger partial charge in [-0.15, -0.1) is 0 Å². The van der Waals surface area contributed by atoms with E-state index in [2.05, 4.69) is 14.1 Å². The van der Waals surface area contributed by atoms with Gasteiger partial charge in [-0.2, -0.15) is 0 Å². The standard InChI is InChI=1S/C14H34NO4Si.ClH/c1-6-17-20(18-7-2,19-8-3)14-12-15(4,5)11-9-10-13-16;/h16H,6-14H2,1-5H3;1H/q+1;/p-1. The lowest BCUT2D eigenvalue weighted by molar-refractivity contribution is -0.888. The van der Waals surface area contributed by atoms with E-state index < -0.39 is 8.80 Å². The molecule has 0 amide bonds. The van der Waals surface area contributed by atoms with E-state index in [0.717, 1.165) is 36.5 Å². The smallest absolute Gasteiger partial charge is 0.506 e. The van der Waals surface area contributed by atoms with Crippen LogP contribution >= 0.6 is 0 Å². The predicted octanol–water partition coefficient (Wildman–Crippen LogP) is -1.11. The fourth-order valence-electron chi connectivity index (χ4n) is 2.20. The monoisotopic (exact) mass is 343 g/mol. The van der Waals surface area contributed by atoms with Gasteiger partial charge in [-0.25, -0.2) is 0 Å². The molecule has 0 aliphatic carbocycles. The molecule has 0 aromatic rings. The number of aliphatic hydroxyl groups excluding tert-OH is 1. The molecule has 0 aliphatic heterocycles. The number of rotatable bonds is 13. The zero-order valence-electron chi connectivity index (χ0n) is 14.4. The number of nitrogens with zero attached hydrogens (tertiary/aromatic N) is 1. The summed E-state index contributed by atoms with van der Waals surface area (Å²) < 4.78 is 18.5. The normalized spacial score (nSPS) is 12.3. The van der Waals surface area contributed by atoms with Gasteiger partial charge in [0.15, 0.2) is 0 Å². The van der Waals surface area contributed by atoms with Crippen molar-refractivity contribution in [1.82, 2.24) is 0 Å². The maximum atomic E-state index is 8.87. The molecule has 0 radical (unpaired) electrons. The van der Waals surface area contributed by atoms with Gasteiger partial charge in [-0.3, -0.25) is 0 Å². The molecule has 0 aliphatic rings. The van der Waals surface area contributed by atoms with Crippen LogP contribution in [0.15, 0.2) is 0 Å². The maximum absolute atomic E-state index is 8.87. The minimum atomic E-state index is -2.52. The van der Waals surface area contributed by atoms with Crippen molar-refractivity contribution in [2.24, 2.45) is 0 Å². The minimum absolute atomic E-state index is 0. The summed E-state index contributed by atoms with van der Waals surface area (Å²) in [6.45, 7) is 10.1. The fraction of sp³-hybridized carbons (Fsp3) is 1.00. The molecule has 130 valence electrons. The second-order valence-corrected chi connectivity index (χ2v) is 8.28. The molecule has 0 fully saturated rings. The quantitative estimate of drug-likeness (QED) is 0.262. The Kier molecular flexibility index (Phi) is 14.4. The Morgan fingerprint density at radius 1 is 0.857 bits per heavy atom. The first-order valence-electron chi connectivity index (χ1n) is 7.80. The lowest BCUT2D eigenvalue weighted by atomic mass is 10.3. The van der Waals surface area contributed by atoms with Crippen LogP contribution in [0.2, 0.25) is 6.04 Å². The molecule has 0 aromatic carbocycles. The molecule has 0 atom stereocenters. The van der Waals surface area contributed by atoms with Crippen molar-refractivity contribution < 1.29 is 35.3 Å². The number of hydrogen-bond acceptors (Lipinski definition) is 4. The van der Waals surface area contributed by atoms with Gasteiger partial charge >= 0.3 is 8.80 Å². The van der Waals surface area contributed by atoms with Crippen molar-refractivity contribution in [1.29, 1.82) is 0 Å². The summed E-state index contributed by atoms with van der Waals surface area (Å²) in [4.78, 5) is 0. The van der Waals surface area contributed by atoms with Crippen molar-refractivity contribution in [3.05, 3.63) is 0 Å². The van der Waals surface area contributed by atoms with Gasteiger partial charge in [0.1, 0.15) is 0 Å². The third kappa shape index (κ3) is 10.6. The van der Waals surface area contributed by atoms with E-state index in [4.69, 9.17) is 18.4 Å². The van der Waals surface area contributed by atoms with Crippen LogP contribution in [0.5, 0.6) is 0 Å². The average Bonchev–Trinajstić information content (AvgIpc) is 2.38. The lowest BCUT2D eigenvalue weighted by Gasteiger charge is -2.34. The number of unbranched alkanes of at least 4 members (excludes halogenated alkanes) is 1.